The van der Waals surface area contributed by atoms with Crippen molar-refractivity contribution in [2.24, 2.45) is 7.05 Å². The molecule has 0 saturated heterocycles. The van der Waals surface area contributed by atoms with Crippen LogP contribution in [0.15, 0.2) is 39.9 Å². The van der Waals surface area contributed by atoms with Crippen molar-refractivity contribution < 1.29 is 8.42 Å². The van der Waals surface area contributed by atoms with E-state index < -0.39 is 10.0 Å². The molecule has 2 aromatic heterocycles. The highest BCUT2D eigenvalue weighted by molar-refractivity contribution is 7.91. The van der Waals surface area contributed by atoms with Crippen LogP contribution in [0.1, 0.15) is 31.2 Å². The molecule has 0 saturated carbocycles. The molecule has 1 aromatic carbocycles. The summed E-state index contributed by atoms with van der Waals surface area (Å²) in [5.41, 5.74) is 2.84. The molecule has 0 aliphatic carbocycles. The Morgan fingerprint density at radius 2 is 2.09 bits per heavy atom. The van der Waals surface area contributed by atoms with Crippen LogP contribution in [0.3, 0.4) is 0 Å². The maximum atomic E-state index is 12.2. The van der Waals surface area contributed by atoms with Crippen LogP contribution in [0.25, 0.3) is 11.0 Å². The Morgan fingerprint density at radius 3 is 2.74 bits per heavy atom. The molecule has 122 valence electrons. The van der Waals surface area contributed by atoms with Crippen molar-refractivity contribution in [3.63, 3.8) is 0 Å². The minimum absolute atomic E-state index is 0.254. The molecule has 1 N–H and O–H groups in total. The highest BCUT2D eigenvalue weighted by atomic mass is 32.2. The minimum Gasteiger partial charge on any atom is -0.331 e. The van der Waals surface area contributed by atoms with E-state index in [1.165, 1.54) is 11.3 Å². The van der Waals surface area contributed by atoms with Crippen molar-refractivity contribution in [1.82, 2.24) is 14.3 Å². The third-order valence-corrected chi connectivity index (χ3v) is 6.52. The Kier molecular flexibility index (Phi) is 4.27. The maximum Gasteiger partial charge on any atom is 0.250 e. The minimum atomic E-state index is -3.44. The second-order valence-corrected chi connectivity index (χ2v) is 8.70. The molecule has 2 heterocycles. The Hall–Kier alpha value is -1.70. The molecule has 0 fully saturated rings. The van der Waals surface area contributed by atoms with Gasteiger partial charge in [0.15, 0.2) is 0 Å². The number of sulfonamides is 1. The van der Waals surface area contributed by atoms with Gasteiger partial charge in [0.25, 0.3) is 0 Å². The topological polar surface area (TPSA) is 64.0 Å². The number of thiophene rings is 1. The average molecular weight is 349 g/mol. The molecule has 0 atom stereocenters. The number of aryl methyl sites for hydroxylation is 1. The van der Waals surface area contributed by atoms with Gasteiger partial charge in [0.2, 0.25) is 10.0 Å². The Labute approximate surface area is 140 Å². The van der Waals surface area contributed by atoms with E-state index in [4.69, 9.17) is 0 Å². The van der Waals surface area contributed by atoms with Gasteiger partial charge >= 0.3 is 0 Å². The number of hydrogen-bond acceptors (Lipinski definition) is 4. The molecule has 0 bridgehead atoms. The largest absolute Gasteiger partial charge is 0.331 e. The third-order valence-electron chi connectivity index (χ3n) is 3.72. The number of nitrogens with one attached hydrogen (secondary N) is 1. The summed E-state index contributed by atoms with van der Waals surface area (Å²) in [4.78, 5) is 4.65. The molecule has 0 amide bonds. The predicted octanol–water partition coefficient (Wildman–Crippen LogP) is 3.24. The van der Waals surface area contributed by atoms with E-state index in [-0.39, 0.29) is 6.54 Å². The first kappa shape index (κ1) is 16.2. The van der Waals surface area contributed by atoms with Crippen LogP contribution in [-0.4, -0.2) is 18.0 Å². The van der Waals surface area contributed by atoms with E-state index in [2.05, 4.69) is 28.1 Å². The van der Waals surface area contributed by atoms with Gasteiger partial charge in [-0.3, -0.25) is 0 Å². The highest BCUT2D eigenvalue weighted by Gasteiger charge is 2.15. The molecule has 3 aromatic rings. The summed E-state index contributed by atoms with van der Waals surface area (Å²) >= 11 is 1.21. The molecule has 23 heavy (non-hydrogen) atoms. The Bertz CT molecular complexity index is 926. The summed E-state index contributed by atoms with van der Waals surface area (Å²) in [5.74, 6) is 1.37. The fourth-order valence-corrected chi connectivity index (χ4v) is 4.61. The van der Waals surface area contributed by atoms with Gasteiger partial charge in [-0.2, -0.15) is 0 Å². The fraction of sp³-hybridized carbons (Fsp3) is 0.312. The average Bonchev–Trinajstić information content (AvgIpc) is 3.14. The second kappa shape index (κ2) is 6.07. The van der Waals surface area contributed by atoms with E-state index in [0.29, 0.717) is 10.1 Å². The van der Waals surface area contributed by atoms with Gasteiger partial charge in [0.1, 0.15) is 10.0 Å². The van der Waals surface area contributed by atoms with Crippen LogP contribution < -0.4 is 4.72 Å². The number of rotatable bonds is 5. The van der Waals surface area contributed by atoms with Crippen LogP contribution in [0, 0.1) is 0 Å². The third kappa shape index (κ3) is 3.17. The van der Waals surface area contributed by atoms with Crippen molar-refractivity contribution in [2.75, 3.05) is 0 Å². The molecule has 5 nitrogen and oxygen atoms in total. The molecular formula is C16H19N3O2S2. The molecular weight excluding hydrogens is 330 g/mol. The van der Waals surface area contributed by atoms with Gasteiger partial charge in [0, 0.05) is 19.5 Å². The smallest absolute Gasteiger partial charge is 0.250 e. The first-order valence-electron chi connectivity index (χ1n) is 7.37. The van der Waals surface area contributed by atoms with E-state index in [1.807, 2.05) is 25.2 Å². The van der Waals surface area contributed by atoms with Crippen LogP contribution in [0.4, 0.5) is 0 Å². The van der Waals surface area contributed by atoms with E-state index >= 15 is 0 Å². The first-order valence-corrected chi connectivity index (χ1v) is 9.73. The van der Waals surface area contributed by atoms with Crippen LogP contribution >= 0.6 is 11.3 Å². The van der Waals surface area contributed by atoms with Crippen molar-refractivity contribution in [3.8, 4) is 0 Å². The van der Waals surface area contributed by atoms with E-state index in [9.17, 15) is 8.42 Å². The van der Waals surface area contributed by atoms with Crippen molar-refractivity contribution >= 4 is 32.4 Å². The molecule has 0 aliphatic rings. The summed E-state index contributed by atoms with van der Waals surface area (Å²) in [6.45, 7) is 4.47. The van der Waals surface area contributed by atoms with Crippen molar-refractivity contribution in [1.29, 1.82) is 0 Å². The summed E-state index contributed by atoms with van der Waals surface area (Å²) in [6.07, 6.45) is 0. The molecule has 7 heteroatoms. The van der Waals surface area contributed by atoms with Gasteiger partial charge in [-0.15, -0.1) is 11.3 Å². The van der Waals surface area contributed by atoms with Crippen LogP contribution in [-0.2, 0) is 23.6 Å². The van der Waals surface area contributed by atoms with Crippen LogP contribution in [0.5, 0.6) is 0 Å². The summed E-state index contributed by atoms with van der Waals surface area (Å²) in [7, 11) is -1.44. The maximum absolute atomic E-state index is 12.2. The van der Waals surface area contributed by atoms with Gasteiger partial charge in [0.05, 0.1) is 11.0 Å². The summed E-state index contributed by atoms with van der Waals surface area (Å²) in [6, 6.07) is 9.20. The first-order chi connectivity index (χ1) is 10.9. The van der Waals surface area contributed by atoms with Gasteiger partial charge in [-0.25, -0.2) is 18.1 Å². The lowest BCUT2D eigenvalue weighted by atomic mass is 10.2. The normalized spacial score (nSPS) is 12.3. The molecule has 0 aliphatic heterocycles. The molecule has 0 radical (unpaired) electrons. The zero-order chi connectivity index (χ0) is 16.6. The Balaban J connectivity index is 1.84. The predicted molar refractivity (Wildman–Crippen MR) is 93.1 cm³/mol. The molecule has 3 rings (SSSR count). The Morgan fingerprint density at radius 1 is 1.30 bits per heavy atom. The zero-order valence-electron chi connectivity index (χ0n) is 13.3. The quantitative estimate of drug-likeness (QED) is 0.769. The van der Waals surface area contributed by atoms with Crippen LogP contribution in [0.2, 0.25) is 0 Å². The number of benzene rings is 1. The highest BCUT2D eigenvalue weighted by Crippen LogP contribution is 2.22. The molecule has 0 unspecified atom stereocenters. The number of aromatic nitrogens is 2. The van der Waals surface area contributed by atoms with E-state index in [0.717, 1.165) is 22.4 Å². The SMILES string of the molecule is CC(C)c1nc2cc(CNS(=O)(=O)c3cccs3)ccc2n1C. The lowest BCUT2D eigenvalue weighted by molar-refractivity contribution is 0.583. The zero-order valence-corrected chi connectivity index (χ0v) is 14.9. The van der Waals surface area contributed by atoms with Gasteiger partial charge < -0.3 is 4.57 Å². The van der Waals surface area contributed by atoms with E-state index in [1.54, 1.807) is 17.5 Å². The number of hydrogen-bond donors (Lipinski definition) is 1. The van der Waals surface area contributed by atoms with Gasteiger partial charge in [-0.05, 0) is 29.1 Å². The number of fused-ring (bicyclic) bond motifs is 1. The lowest BCUT2D eigenvalue weighted by Gasteiger charge is -2.06. The van der Waals surface area contributed by atoms with Gasteiger partial charge in [-0.1, -0.05) is 26.0 Å². The summed E-state index contributed by atoms with van der Waals surface area (Å²) in [5, 5.41) is 1.75. The van der Waals surface area contributed by atoms with Crippen molar-refractivity contribution in [3.05, 3.63) is 47.1 Å². The summed E-state index contributed by atoms with van der Waals surface area (Å²) < 4.78 is 29.4. The van der Waals surface area contributed by atoms with Crippen molar-refractivity contribution in [2.45, 2.75) is 30.5 Å². The second-order valence-electron chi connectivity index (χ2n) is 5.76. The lowest BCUT2D eigenvalue weighted by Crippen LogP contribution is -2.22. The molecule has 0 spiro atoms. The number of imidazole rings is 1. The number of nitrogens with zero attached hydrogens (tertiary/aromatic N) is 2. The standard InChI is InChI=1S/C16H19N3O2S2/c1-11(2)16-18-13-9-12(6-7-14(13)19(16)3)10-17-23(20,21)15-5-4-8-22-15/h4-9,11,17H,10H2,1-3H3. The monoisotopic (exact) mass is 349 g/mol. The fourth-order valence-electron chi connectivity index (χ4n) is 2.56.